The molecule has 0 aromatic rings. The maximum absolute atomic E-state index is 12.6. The van der Waals surface area contributed by atoms with Crippen LogP contribution in [0.5, 0.6) is 0 Å². The van der Waals surface area contributed by atoms with Gasteiger partial charge in [-0.15, -0.1) is 0 Å². The van der Waals surface area contributed by atoms with Gasteiger partial charge in [-0.3, -0.25) is 9.59 Å². The Hall–Kier alpha value is -1.40. The van der Waals surface area contributed by atoms with Gasteiger partial charge in [-0.2, -0.15) is 0 Å². The summed E-state index contributed by atoms with van der Waals surface area (Å²) < 4.78 is 5.52. The van der Waals surface area contributed by atoms with E-state index in [2.05, 4.69) is 31.3 Å². The number of amides is 1. The average molecular weight is 1190 g/mol. The Morgan fingerprint density at radius 2 is 0.560 bits per heavy atom. The smallest absolute Gasteiger partial charge is 0.305 e. The molecule has 6 heteroatoms. The van der Waals surface area contributed by atoms with Crippen LogP contribution in [0.3, 0.4) is 0 Å². The van der Waals surface area contributed by atoms with E-state index in [0.29, 0.717) is 25.9 Å². The molecule has 0 aromatic heterocycles. The number of aliphatic hydroxyl groups is 2. The summed E-state index contributed by atoms with van der Waals surface area (Å²) >= 11 is 0. The van der Waals surface area contributed by atoms with E-state index in [1.54, 1.807) is 0 Å². The lowest BCUT2D eigenvalue weighted by Gasteiger charge is -2.22. The first kappa shape index (κ1) is 82.6. The number of carbonyl (C=O) groups excluding carboxylic acids is 2. The van der Waals surface area contributed by atoms with Gasteiger partial charge in [0.05, 0.1) is 25.4 Å². The molecule has 84 heavy (non-hydrogen) atoms. The van der Waals surface area contributed by atoms with Gasteiger partial charge in [0.25, 0.3) is 0 Å². The highest BCUT2D eigenvalue weighted by Crippen LogP contribution is 2.20. The Morgan fingerprint density at radius 1 is 0.321 bits per heavy atom. The predicted octanol–water partition coefficient (Wildman–Crippen LogP) is 25.5. The molecule has 0 aliphatic heterocycles. The van der Waals surface area contributed by atoms with Gasteiger partial charge in [-0.05, 0) is 51.4 Å². The molecular formula is C78H153NO5. The predicted molar refractivity (Wildman–Crippen MR) is 370 cm³/mol. The standard InChI is InChI=1S/C78H153NO5/c1-3-5-7-9-11-13-15-17-19-21-23-24-31-35-38-42-46-50-54-58-62-66-70-76(81)75(74-80)79-77(82)71-67-63-59-55-51-47-43-39-36-32-29-27-25-26-28-30-33-37-41-45-49-53-57-61-65-69-73-84-78(83)72-68-64-60-56-52-48-44-40-34-22-20-18-16-14-12-10-8-6-4-2/h18,20,75-76,80-81H,3-17,19,21-74H2,1-2H3,(H,79,82)/b20-18-. The maximum Gasteiger partial charge on any atom is 0.305 e. The molecule has 0 radical (unpaired) electrons. The minimum absolute atomic E-state index is 0.0184. The first-order chi connectivity index (χ1) is 41.5. The molecule has 6 nitrogen and oxygen atoms in total. The summed E-state index contributed by atoms with van der Waals surface area (Å²) in [5.74, 6) is -0.00861. The summed E-state index contributed by atoms with van der Waals surface area (Å²) in [4.78, 5) is 24.7. The lowest BCUT2D eigenvalue weighted by atomic mass is 10.0. The second kappa shape index (κ2) is 74.1. The van der Waals surface area contributed by atoms with Crippen molar-refractivity contribution >= 4 is 11.9 Å². The third-order valence-corrected chi connectivity index (χ3v) is 18.6. The Bertz CT molecular complexity index is 1270. The lowest BCUT2D eigenvalue weighted by molar-refractivity contribution is -0.143. The fourth-order valence-corrected chi connectivity index (χ4v) is 12.6. The Balaban J connectivity index is 3.34. The lowest BCUT2D eigenvalue weighted by Crippen LogP contribution is -2.45. The second-order valence-corrected chi connectivity index (χ2v) is 27.0. The van der Waals surface area contributed by atoms with E-state index in [1.165, 1.54) is 379 Å². The van der Waals surface area contributed by atoms with Crippen LogP contribution in [0.25, 0.3) is 0 Å². The minimum atomic E-state index is -0.664. The van der Waals surface area contributed by atoms with Crippen molar-refractivity contribution in [1.29, 1.82) is 0 Å². The fourth-order valence-electron chi connectivity index (χ4n) is 12.6. The molecule has 1 amide bonds. The van der Waals surface area contributed by atoms with Crippen molar-refractivity contribution in [3.63, 3.8) is 0 Å². The first-order valence-electron chi connectivity index (χ1n) is 38.9. The minimum Gasteiger partial charge on any atom is -0.466 e. The number of aliphatic hydroxyl groups excluding tert-OH is 2. The zero-order valence-corrected chi connectivity index (χ0v) is 57.4. The normalized spacial score (nSPS) is 12.5. The van der Waals surface area contributed by atoms with Gasteiger partial charge in [-0.25, -0.2) is 0 Å². The number of hydrogen-bond acceptors (Lipinski definition) is 5. The fraction of sp³-hybridized carbons (Fsp3) is 0.949. The van der Waals surface area contributed by atoms with Crippen molar-refractivity contribution < 1.29 is 24.5 Å². The number of hydrogen-bond donors (Lipinski definition) is 3. The Morgan fingerprint density at radius 3 is 0.845 bits per heavy atom. The number of ether oxygens (including phenoxy) is 1. The number of unbranched alkanes of at least 4 members (excludes halogenated alkanes) is 61. The van der Waals surface area contributed by atoms with Gasteiger partial charge >= 0.3 is 5.97 Å². The molecule has 0 heterocycles. The molecule has 500 valence electrons. The molecule has 2 atom stereocenters. The molecular weight excluding hydrogens is 1030 g/mol. The SMILES string of the molecule is CCCCCCCC/C=C\CCCCCCCCCCCC(=O)OCCCCCCCCCCCCCCCCCCCCCCCCCCCCC(=O)NC(CO)C(O)CCCCCCCCCCCCCCCCCCCCCCCC. The second-order valence-electron chi connectivity index (χ2n) is 27.0. The number of rotatable bonds is 74. The molecule has 2 unspecified atom stereocenters. The molecule has 0 rings (SSSR count). The number of esters is 1. The van der Waals surface area contributed by atoms with Crippen molar-refractivity contribution in [3.8, 4) is 0 Å². The molecule has 0 aromatic carbocycles. The van der Waals surface area contributed by atoms with Gasteiger partial charge in [0, 0.05) is 12.8 Å². The molecule has 0 bridgehead atoms. The number of carbonyl (C=O) groups is 2. The van der Waals surface area contributed by atoms with Crippen LogP contribution < -0.4 is 5.32 Å². The maximum atomic E-state index is 12.6. The monoisotopic (exact) mass is 1180 g/mol. The van der Waals surface area contributed by atoms with Crippen LogP contribution in [0.4, 0.5) is 0 Å². The summed E-state index contributed by atoms with van der Waals surface area (Å²) in [6.07, 6.45) is 92.9. The van der Waals surface area contributed by atoms with Crippen molar-refractivity contribution in [2.24, 2.45) is 0 Å². The van der Waals surface area contributed by atoms with Gasteiger partial charge in [-0.1, -0.05) is 398 Å². The van der Waals surface area contributed by atoms with E-state index in [0.717, 1.165) is 38.5 Å². The largest absolute Gasteiger partial charge is 0.466 e. The van der Waals surface area contributed by atoms with Crippen molar-refractivity contribution in [2.45, 2.75) is 463 Å². The van der Waals surface area contributed by atoms with Gasteiger partial charge < -0.3 is 20.3 Å². The van der Waals surface area contributed by atoms with E-state index in [-0.39, 0.29) is 18.5 Å². The van der Waals surface area contributed by atoms with Crippen LogP contribution in [0.2, 0.25) is 0 Å². The number of allylic oxidation sites excluding steroid dienone is 2. The van der Waals surface area contributed by atoms with E-state index in [9.17, 15) is 19.8 Å². The number of nitrogens with one attached hydrogen (secondary N) is 1. The highest BCUT2D eigenvalue weighted by molar-refractivity contribution is 5.76. The van der Waals surface area contributed by atoms with Crippen LogP contribution in [-0.2, 0) is 14.3 Å². The van der Waals surface area contributed by atoms with Gasteiger partial charge in [0.2, 0.25) is 5.91 Å². The highest BCUT2D eigenvalue weighted by atomic mass is 16.5. The molecule has 0 fully saturated rings. The molecule has 0 aliphatic rings. The average Bonchev–Trinajstić information content (AvgIpc) is 3.51. The summed E-state index contributed by atoms with van der Waals surface area (Å²) in [6, 6.07) is -0.540. The summed E-state index contributed by atoms with van der Waals surface area (Å²) in [6.45, 7) is 5.01. The Labute approximate surface area is 527 Å². The third kappa shape index (κ3) is 69.7. The highest BCUT2D eigenvalue weighted by Gasteiger charge is 2.20. The van der Waals surface area contributed by atoms with Crippen molar-refractivity contribution in [3.05, 3.63) is 12.2 Å². The quantitative estimate of drug-likeness (QED) is 0.0320. The summed E-state index contributed by atoms with van der Waals surface area (Å²) in [5, 5.41) is 23.5. The van der Waals surface area contributed by atoms with Gasteiger partial charge in [0.15, 0.2) is 0 Å². The molecule has 0 saturated heterocycles. The third-order valence-electron chi connectivity index (χ3n) is 18.6. The van der Waals surface area contributed by atoms with Gasteiger partial charge in [0.1, 0.15) is 0 Å². The first-order valence-corrected chi connectivity index (χ1v) is 38.9. The summed E-state index contributed by atoms with van der Waals surface area (Å²) in [5.41, 5.74) is 0. The zero-order valence-electron chi connectivity index (χ0n) is 57.4. The van der Waals surface area contributed by atoms with E-state index < -0.39 is 12.1 Å². The molecule has 0 spiro atoms. The van der Waals surface area contributed by atoms with Crippen LogP contribution in [0.15, 0.2) is 12.2 Å². The van der Waals surface area contributed by atoms with Crippen LogP contribution in [-0.4, -0.2) is 47.4 Å². The van der Waals surface area contributed by atoms with Crippen LogP contribution >= 0.6 is 0 Å². The van der Waals surface area contributed by atoms with E-state index in [4.69, 9.17) is 4.74 Å². The Kier molecular flexibility index (Phi) is 72.8. The topological polar surface area (TPSA) is 95.9 Å². The van der Waals surface area contributed by atoms with Crippen LogP contribution in [0, 0.1) is 0 Å². The van der Waals surface area contributed by atoms with Crippen LogP contribution in [0.1, 0.15) is 450 Å². The zero-order chi connectivity index (χ0) is 60.6. The van der Waals surface area contributed by atoms with Crippen molar-refractivity contribution in [2.75, 3.05) is 13.2 Å². The van der Waals surface area contributed by atoms with E-state index >= 15 is 0 Å². The van der Waals surface area contributed by atoms with E-state index in [1.807, 2.05) is 0 Å². The molecule has 0 saturated carbocycles. The molecule has 0 aliphatic carbocycles. The summed E-state index contributed by atoms with van der Waals surface area (Å²) in [7, 11) is 0. The van der Waals surface area contributed by atoms with Crippen molar-refractivity contribution in [1.82, 2.24) is 5.32 Å². The molecule has 3 N–H and O–H groups in total.